The van der Waals surface area contributed by atoms with E-state index in [0.717, 1.165) is 25.7 Å². The molecule has 0 aliphatic heterocycles. The van der Waals surface area contributed by atoms with E-state index in [-0.39, 0.29) is 0 Å². The second-order valence-electron chi connectivity index (χ2n) is 6.82. The smallest absolute Gasteiger partial charge is 0.122 e. The molecule has 2 atom stereocenters. The molecule has 0 aromatic heterocycles. The molecule has 0 bridgehead atoms. The number of rotatable bonds is 3. The first kappa shape index (κ1) is 15.3. The third kappa shape index (κ3) is 3.11. The predicted molar refractivity (Wildman–Crippen MR) is 95.3 cm³/mol. The van der Waals surface area contributed by atoms with Crippen molar-refractivity contribution in [3.8, 4) is 11.5 Å². The van der Waals surface area contributed by atoms with Gasteiger partial charge in [-0.3, -0.25) is 5.54 Å². The van der Waals surface area contributed by atoms with Crippen molar-refractivity contribution in [1.29, 1.82) is 0 Å². The van der Waals surface area contributed by atoms with Crippen LogP contribution in [0.4, 0.5) is 0 Å². The zero-order chi connectivity index (χ0) is 15.6. The predicted octanol–water partition coefficient (Wildman–Crippen LogP) is 3.49. The zero-order valence-electron chi connectivity index (χ0n) is 13.5. The van der Waals surface area contributed by atoms with Gasteiger partial charge in [-0.15, -0.1) is 5.92 Å². The van der Waals surface area contributed by atoms with Crippen LogP contribution in [0.25, 0.3) is 0 Å². The van der Waals surface area contributed by atoms with Crippen molar-refractivity contribution < 1.29 is 5.11 Å². The lowest BCUT2D eigenvalue weighted by atomic mass is 10.0. The van der Waals surface area contributed by atoms with Crippen LogP contribution in [-0.2, 0) is 0 Å². The van der Waals surface area contributed by atoms with E-state index in [1.807, 2.05) is 6.92 Å². The summed E-state index contributed by atoms with van der Waals surface area (Å²) in [5.41, 5.74) is 2.76. The summed E-state index contributed by atoms with van der Waals surface area (Å²) in [6, 6.07) is 10.7. The van der Waals surface area contributed by atoms with Gasteiger partial charge in [0.15, 0.2) is 0 Å². The minimum atomic E-state index is -2.06. The van der Waals surface area contributed by atoms with Crippen LogP contribution in [0.15, 0.2) is 53.8 Å². The molecule has 0 radical (unpaired) electrons. The maximum absolute atomic E-state index is 10.6. The first-order valence-electron chi connectivity index (χ1n) is 8.21. The Kier molecular flexibility index (Phi) is 4.12. The first-order valence-corrected chi connectivity index (χ1v) is 10.7. The molecule has 1 N–H and O–H groups in total. The molecular formula is C20H24OSi-. The highest BCUT2D eigenvalue weighted by Gasteiger charge is 2.38. The summed E-state index contributed by atoms with van der Waals surface area (Å²) in [6.07, 6.45) is 11.0. The normalized spacial score (nSPS) is 22.8. The topological polar surface area (TPSA) is 20.2 Å². The van der Waals surface area contributed by atoms with Gasteiger partial charge in [0.25, 0.3) is 0 Å². The highest BCUT2D eigenvalue weighted by molar-refractivity contribution is 7.02. The Morgan fingerprint density at radius 3 is 2.55 bits per heavy atom. The van der Waals surface area contributed by atoms with Crippen LogP contribution < -0.4 is 5.19 Å². The molecule has 1 fully saturated rings. The number of benzene rings is 1. The van der Waals surface area contributed by atoms with Gasteiger partial charge in [0.1, 0.15) is 5.60 Å². The van der Waals surface area contributed by atoms with Crippen LogP contribution in [0, 0.1) is 17.4 Å². The van der Waals surface area contributed by atoms with E-state index in [1.54, 1.807) is 0 Å². The van der Waals surface area contributed by atoms with Crippen molar-refractivity contribution in [2.75, 3.05) is 0 Å². The Balaban J connectivity index is 2.02. The van der Waals surface area contributed by atoms with E-state index in [4.69, 9.17) is 0 Å². The standard InChI is InChI=1S/C20H24OSi/c1-20(21,17-13-14-17)15-16-22(2,18-9-5-3-6-10-18)19-11-7-4-8-12-19/h3-7,9-11,17,21H,8,12-14H2,1-2H3/q-1. The largest absolute Gasteiger partial charge is 0.378 e. The molecule has 1 aromatic rings. The minimum Gasteiger partial charge on any atom is -0.378 e. The lowest BCUT2D eigenvalue weighted by Crippen LogP contribution is -2.47. The van der Waals surface area contributed by atoms with Crippen LogP contribution in [0.1, 0.15) is 32.6 Å². The maximum atomic E-state index is 10.6. The summed E-state index contributed by atoms with van der Waals surface area (Å²) in [5.74, 6) is 3.63. The van der Waals surface area contributed by atoms with E-state index in [9.17, 15) is 5.11 Å². The minimum absolute atomic E-state index is 0.370. The number of aliphatic hydroxyl groups is 1. The molecule has 2 heteroatoms. The van der Waals surface area contributed by atoms with Crippen molar-refractivity contribution in [1.82, 2.24) is 0 Å². The number of hydrogen-bond acceptors (Lipinski definition) is 1. The summed E-state index contributed by atoms with van der Waals surface area (Å²) >= 11 is 0. The molecule has 22 heavy (non-hydrogen) atoms. The van der Waals surface area contributed by atoms with Gasteiger partial charge in [0.2, 0.25) is 0 Å². The SMILES string of the molecule is CC(O)(C#C[Si-](C)(C1=CC=CCC1)c1ccccc1)C1CC1. The van der Waals surface area contributed by atoms with Gasteiger partial charge in [-0.1, -0.05) is 55.0 Å². The third-order valence-corrected chi connectivity index (χ3v) is 8.76. The Morgan fingerprint density at radius 1 is 1.23 bits per heavy atom. The summed E-state index contributed by atoms with van der Waals surface area (Å²) in [7, 11) is -2.06. The average molecular weight is 308 g/mol. The summed E-state index contributed by atoms with van der Waals surface area (Å²) in [5, 5.41) is 13.4. The van der Waals surface area contributed by atoms with E-state index < -0.39 is 13.7 Å². The number of hydrogen-bond donors (Lipinski definition) is 1. The monoisotopic (exact) mass is 308 g/mol. The second kappa shape index (κ2) is 5.91. The molecule has 0 amide bonds. The van der Waals surface area contributed by atoms with Gasteiger partial charge < -0.3 is 5.11 Å². The summed E-state index contributed by atoms with van der Waals surface area (Å²) in [4.78, 5) is 0. The maximum Gasteiger partial charge on any atom is 0.122 e. The summed E-state index contributed by atoms with van der Waals surface area (Å²) < 4.78 is 0. The van der Waals surface area contributed by atoms with Crippen molar-refractivity contribution in [3.05, 3.63) is 53.8 Å². The lowest BCUT2D eigenvalue weighted by Gasteiger charge is -2.39. The van der Waals surface area contributed by atoms with Gasteiger partial charge in [-0.05, 0) is 40.2 Å². The third-order valence-electron chi connectivity index (χ3n) is 4.95. The van der Waals surface area contributed by atoms with Crippen molar-refractivity contribution >= 4 is 13.3 Å². The van der Waals surface area contributed by atoms with Crippen LogP contribution >= 0.6 is 0 Å². The highest BCUT2D eigenvalue weighted by atomic mass is 28.3. The zero-order valence-corrected chi connectivity index (χ0v) is 14.5. The Morgan fingerprint density at radius 2 is 1.95 bits per heavy atom. The Labute approximate surface area is 134 Å². The summed E-state index contributed by atoms with van der Waals surface area (Å²) in [6.45, 7) is 4.20. The molecule has 0 heterocycles. The molecule has 1 saturated carbocycles. The highest BCUT2D eigenvalue weighted by Crippen LogP contribution is 2.39. The van der Waals surface area contributed by atoms with Crippen LogP contribution in [0.5, 0.6) is 0 Å². The molecule has 0 spiro atoms. The van der Waals surface area contributed by atoms with Gasteiger partial charge in [0.05, 0.1) is 0 Å². The Hall–Kier alpha value is -1.56. The quantitative estimate of drug-likeness (QED) is 0.669. The first-order chi connectivity index (χ1) is 10.5. The van der Waals surface area contributed by atoms with E-state index in [1.165, 1.54) is 10.4 Å². The average Bonchev–Trinajstić information content (AvgIpc) is 3.40. The van der Waals surface area contributed by atoms with E-state index in [0.29, 0.717) is 5.92 Å². The lowest BCUT2D eigenvalue weighted by molar-refractivity contribution is 0.0981. The fourth-order valence-corrected chi connectivity index (χ4v) is 6.24. The van der Waals surface area contributed by atoms with Gasteiger partial charge in [-0.25, -0.2) is 0 Å². The fraction of sp³-hybridized carbons (Fsp3) is 0.400. The van der Waals surface area contributed by atoms with Crippen LogP contribution in [0.2, 0.25) is 6.55 Å². The molecule has 3 rings (SSSR count). The van der Waals surface area contributed by atoms with Gasteiger partial charge in [-0.2, -0.15) is 16.9 Å². The fourth-order valence-electron chi connectivity index (χ4n) is 3.13. The van der Waals surface area contributed by atoms with Crippen molar-refractivity contribution in [2.24, 2.45) is 5.92 Å². The molecule has 1 nitrogen and oxygen atoms in total. The van der Waals surface area contributed by atoms with Crippen LogP contribution in [0.3, 0.4) is 0 Å². The number of allylic oxidation sites excluding steroid dienone is 4. The van der Waals surface area contributed by atoms with Crippen LogP contribution in [-0.4, -0.2) is 18.8 Å². The molecule has 1 aromatic carbocycles. The van der Waals surface area contributed by atoms with E-state index >= 15 is 0 Å². The molecular weight excluding hydrogens is 284 g/mol. The Bertz CT molecular complexity index is 656. The second-order valence-corrected chi connectivity index (χ2v) is 10.5. The molecule has 115 valence electrons. The molecule has 0 saturated heterocycles. The van der Waals surface area contributed by atoms with Crippen molar-refractivity contribution in [2.45, 2.75) is 44.8 Å². The van der Waals surface area contributed by atoms with Crippen molar-refractivity contribution in [3.63, 3.8) is 0 Å². The molecule has 2 aliphatic carbocycles. The molecule has 2 unspecified atom stereocenters. The van der Waals surface area contributed by atoms with Gasteiger partial charge >= 0.3 is 0 Å². The van der Waals surface area contributed by atoms with Gasteiger partial charge in [0, 0.05) is 0 Å². The van der Waals surface area contributed by atoms with E-state index in [2.05, 4.69) is 66.6 Å². The molecule has 2 aliphatic rings.